The molecule has 0 saturated heterocycles. The lowest BCUT2D eigenvalue weighted by atomic mass is 10.1. The summed E-state index contributed by atoms with van der Waals surface area (Å²) in [4.78, 5) is 23.8. The lowest BCUT2D eigenvalue weighted by Crippen LogP contribution is -2.31. The van der Waals surface area contributed by atoms with E-state index >= 15 is 0 Å². The van der Waals surface area contributed by atoms with Crippen molar-refractivity contribution in [3.8, 4) is 6.07 Å². The molecular weight excluding hydrogens is 278 g/mol. The van der Waals surface area contributed by atoms with Crippen molar-refractivity contribution in [2.24, 2.45) is 0 Å². The molecule has 6 heteroatoms. The number of carbonyl (C=O) groups is 1. The maximum atomic E-state index is 11.8. The SMILES string of the molecule is CC(C)NC(=O)Cc1nc2c(cnc3ccc(C#N)cc32)[nH]1. The van der Waals surface area contributed by atoms with Gasteiger partial charge >= 0.3 is 0 Å². The van der Waals surface area contributed by atoms with E-state index in [-0.39, 0.29) is 18.4 Å². The van der Waals surface area contributed by atoms with E-state index in [0.717, 1.165) is 21.9 Å². The summed E-state index contributed by atoms with van der Waals surface area (Å²) in [6.07, 6.45) is 1.88. The predicted octanol–water partition coefficient (Wildman–Crippen LogP) is 2.05. The molecule has 22 heavy (non-hydrogen) atoms. The molecule has 0 atom stereocenters. The molecule has 0 aliphatic rings. The number of carbonyl (C=O) groups excluding carboxylic acids is 1. The van der Waals surface area contributed by atoms with Gasteiger partial charge in [-0.05, 0) is 32.0 Å². The van der Waals surface area contributed by atoms with E-state index in [2.05, 4.69) is 26.3 Å². The topological polar surface area (TPSA) is 94.5 Å². The zero-order valence-electron chi connectivity index (χ0n) is 12.3. The van der Waals surface area contributed by atoms with E-state index in [9.17, 15) is 4.79 Å². The van der Waals surface area contributed by atoms with Gasteiger partial charge in [-0.2, -0.15) is 5.26 Å². The first-order valence-electron chi connectivity index (χ1n) is 7.03. The van der Waals surface area contributed by atoms with Gasteiger partial charge in [0.25, 0.3) is 0 Å². The first kappa shape index (κ1) is 14.0. The summed E-state index contributed by atoms with van der Waals surface area (Å²) in [5.41, 5.74) is 2.82. The van der Waals surface area contributed by atoms with Crippen molar-refractivity contribution in [1.82, 2.24) is 20.3 Å². The minimum Gasteiger partial charge on any atom is -0.354 e. The van der Waals surface area contributed by atoms with Crippen LogP contribution in [0.4, 0.5) is 0 Å². The Morgan fingerprint density at radius 2 is 2.27 bits per heavy atom. The molecular formula is C16H15N5O. The summed E-state index contributed by atoms with van der Waals surface area (Å²) in [7, 11) is 0. The van der Waals surface area contributed by atoms with Gasteiger partial charge < -0.3 is 10.3 Å². The van der Waals surface area contributed by atoms with E-state index in [1.165, 1.54) is 0 Å². The number of rotatable bonds is 3. The van der Waals surface area contributed by atoms with E-state index in [1.54, 1.807) is 24.4 Å². The van der Waals surface area contributed by atoms with Gasteiger partial charge in [0.05, 0.1) is 40.8 Å². The Hall–Kier alpha value is -2.94. The van der Waals surface area contributed by atoms with Crippen molar-refractivity contribution in [1.29, 1.82) is 5.26 Å². The summed E-state index contributed by atoms with van der Waals surface area (Å²) in [5, 5.41) is 12.7. The van der Waals surface area contributed by atoms with Crippen molar-refractivity contribution in [3.05, 3.63) is 35.8 Å². The molecule has 0 fully saturated rings. The molecule has 0 aliphatic carbocycles. The maximum Gasteiger partial charge on any atom is 0.227 e. The Labute approximate surface area is 127 Å². The Morgan fingerprint density at radius 3 is 3.00 bits per heavy atom. The lowest BCUT2D eigenvalue weighted by Gasteiger charge is -2.06. The van der Waals surface area contributed by atoms with E-state index in [4.69, 9.17) is 5.26 Å². The van der Waals surface area contributed by atoms with E-state index in [0.29, 0.717) is 11.4 Å². The molecule has 110 valence electrons. The number of benzene rings is 1. The molecule has 0 aliphatic heterocycles. The number of aromatic nitrogens is 3. The van der Waals surface area contributed by atoms with Crippen LogP contribution >= 0.6 is 0 Å². The van der Waals surface area contributed by atoms with Crippen LogP contribution in [0.25, 0.3) is 21.9 Å². The van der Waals surface area contributed by atoms with Gasteiger partial charge in [-0.3, -0.25) is 9.78 Å². The lowest BCUT2D eigenvalue weighted by molar-refractivity contribution is -0.121. The highest BCUT2D eigenvalue weighted by atomic mass is 16.1. The third kappa shape index (κ3) is 2.61. The number of imidazole rings is 1. The molecule has 3 aromatic rings. The van der Waals surface area contributed by atoms with Crippen LogP contribution in [0.5, 0.6) is 0 Å². The van der Waals surface area contributed by atoms with Gasteiger partial charge in [0.1, 0.15) is 5.82 Å². The van der Waals surface area contributed by atoms with Crippen LogP contribution in [0.3, 0.4) is 0 Å². The van der Waals surface area contributed by atoms with Crippen molar-refractivity contribution >= 4 is 27.8 Å². The molecule has 3 rings (SSSR count). The number of nitrogens with zero attached hydrogens (tertiary/aromatic N) is 3. The average Bonchev–Trinajstić information content (AvgIpc) is 2.88. The maximum absolute atomic E-state index is 11.8. The highest BCUT2D eigenvalue weighted by Gasteiger charge is 2.12. The number of nitrogens with one attached hydrogen (secondary N) is 2. The Bertz CT molecular complexity index is 904. The zero-order chi connectivity index (χ0) is 15.7. The molecule has 0 radical (unpaired) electrons. The second-order valence-corrected chi connectivity index (χ2v) is 5.45. The van der Waals surface area contributed by atoms with Crippen molar-refractivity contribution in [3.63, 3.8) is 0 Å². The van der Waals surface area contributed by atoms with Gasteiger partial charge in [0.15, 0.2) is 0 Å². The zero-order valence-corrected chi connectivity index (χ0v) is 12.3. The average molecular weight is 293 g/mol. The van der Waals surface area contributed by atoms with E-state index in [1.807, 2.05) is 13.8 Å². The molecule has 2 heterocycles. The highest BCUT2D eigenvalue weighted by molar-refractivity contribution is 6.02. The molecule has 1 amide bonds. The quantitative estimate of drug-likeness (QED) is 0.772. The molecule has 1 aromatic carbocycles. The molecule has 0 unspecified atom stereocenters. The number of pyridine rings is 1. The predicted molar refractivity (Wildman–Crippen MR) is 83.1 cm³/mol. The first-order chi connectivity index (χ1) is 10.6. The van der Waals surface area contributed by atoms with Crippen molar-refractivity contribution in [2.45, 2.75) is 26.3 Å². The normalized spacial score (nSPS) is 11.0. The number of hydrogen-bond donors (Lipinski definition) is 2. The van der Waals surface area contributed by atoms with Crippen LogP contribution in [0.1, 0.15) is 25.2 Å². The smallest absolute Gasteiger partial charge is 0.227 e. The third-order valence-corrected chi connectivity index (χ3v) is 3.27. The van der Waals surface area contributed by atoms with Crippen LogP contribution in [-0.2, 0) is 11.2 Å². The van der Waals surface area contributed by atoms with Crippen LogP contribution in [0.2, 0.25) is 0 Å². The number of hydrogen-bond acceptors (Lipinski definition) is 4. The number of amides is 1. The summed E-state index contributed by atoms with van der Waals surface area (Å²) >= 11 is 0. The molecule has 2 N–H and O–H groups in total. The Morgan fingerprint density at radius 1 is 1.45 bits per heavy atom. The fraction of sp³-hybridized carbons (Fsp3) is 0.250. The Balaban J connectivity index is 2.04. The number of fused-ring (bicyclic) bond motifs is 3. The second kappa shape index (κ2) is 5.45. The summed E-state index contributed by atoms with van der Waals surface area (Å²) in [5.74, 6) is 0.508. The van der Waals surface area contributed by atoms with Gasteiger partial charge in [-0.25, -0.2) is 4.98 Å². The van der Waals surface area contributed by atoms with Gasteiger partial charge in [-0.15, -0.1) is 0 Å². The highest BCUT2D eigenvalue weighted by Crippen LogP contribution is 2.22. The summed E-state index contributed by atoms with van der Waals surface area (Å²) < 4.78 is 0. The molecule has 6 nitrogen and oxygen atoms in total. The standard InChI is InChI=1S/C16H15N5O/c1-9(2)19-15(22)6-14-20-13-8-18-12-4-3-10(7-17)5-11(12)16(13)21-14/h3-5,8-9H,6H2,1-2H3,(H,19,22)(H,20,21). The first-order valence-corrected chi connectivity index (χ1v) is 7.03. The van der Waals surface area contributed by atoms with Crippen LogP contribution in [0.15, 0.2) is 24.4 Å². The minimum absolute atomic E-state index is 0.0796. The van der Waals surface area contributed by atoms with Gasteiger partial charge in [0, 0.05) is 11.4 Å². The fourth-order valence-corrected chi connectivity index (χ4v) is 2.39. The molecule has 2 aromatic heterocycles. The van der Waals surface area contributed by atoms with Crippen molar-refractivity contribution in [2.75, 3.05) is 0 Å². The number of nitriles is 1. The van der Waals surface area contributed by atoms with E-state index < -0.39 is 0 Å². The van der Waals surface area contributed by atoms with Gasteiger partial charge in [0.2, 0.25) is 5.91 Å². The molecule has 0 spiro atoms. The van der Waals surface area contributed by atoms with Crippen LogP contribution in [0, 0.1) is 11.3 Å². The Kier molecular flexibility index (Phi) is 3.47. The minimum atomic E-state index is -0.0796. The fourth-order valence-electron chi connectivity index (χ4n) is 2.39. The van der Waals surface area contributed by atoms with Crippen LogP contribution in [-0.4, -0.2) is 26.9 Å². The second-order valence-electron chi connectivity index (χ2n) is 5.45. The summed E-state index contributed by atoms with van der Waals surface area (Å²) in [6, 6.07) is 7.50. The van der Waals surface area contributed by atoms with Crippen molar-refractivity contribution < 1.29 is 4.79 Å². The molecule has 0 saturated carbocycles. The molecule has 0 bridgehead atoms. The van der Waals surface area contributed by atoms with Gasteiger partial charge in [-0.1, -0.05) is 0 Å². The number of aromatic amines is 1. The number of H-pyrrole nitrogens is 1. The monoisotopic (exact) mass is 293 g/mol. The largest absolute Gasteiger partial charge is 0.354 e. The van der Waals surface area contributed by atoms with Crippen LogP contribution < -0.4 is 5.32 Å². The third-order valence-electron chi connectivity index (χ3n) is 3.27. The summed E-state index contributed by atoms with van der Waals surface area (Å²) in [6.45, 7) is 3.83.